The van der Waals surface area contributed by atoms with Gasteiger partial charge in [-0.25, -0.2) is 0 Å². The maximum absolute atomic E-state index is 7.62. The smallest absolute Gasteiger partial charge is 0.0662 e. The minimum Gasteiger partial charge on any atom is -0.394 e. The molecule has 0 aliphatic heterocycles. The molecule has 0 aliphatic carbocycles. The molecule has 0 heterocycles. The number of aliphatic hydroxyl groups excluding tert-OH is 2. The average molecular weight is 333 g/mol. The third-order valence-electron chi connectivity index (χ3n) is 3.88. The SMILES string of the molecule is CCCCCCCCCCCCOCCCCCC.OCCO. The molecule has 3 heteroatoms. The van der Waals surface area contributed by atoms with Crippen molar-refractivity contribution < 1.29 is 14.9 Å². The standard InChI is InChI=1S/C18H38O.C2H6O2/c1-3-5-7-9-10-11-12-13-14-16-18-19-17-15-8-6-4-2;3-1-2-4/h3-18H2,1-2H3;3-4H,1-2H2. The van der Waals surface area contributed by atoms with Crippen LogP contribution in [-0.4, -0.2) is 36.6 Å². The summed E-state index contributed by atoms with van der Waals surface area (Å²) in [6, 6.07) is 0. The van der Waals surface area contributed by atoms with E-state index in [1.807, 2.05) is 0 Å². The lowest BCUT2D eigenvalue weighted by molar-refractivity contribution is 0.125. The van der Waals surface area contributed by atoms with Crippen molar-refractivity contribution in [2.24, 2.45) is 0 Å². The van der Waals surface area contributed by atoms with E-state index in [1.165, 1.54) is 89.9 Å². The highest BCUT2D eigenvalue weighted by Crippen LogP contribution is 2.10. The molecule has 0 aromatic heterocycles. The van der Waals surface area contributed by atoms with Crippen LogP contribution in [0.2, 0.25) is 0 Å². The molecule has 0 spiro atoms. The van der Waals surface area contributed by atoms with Gasteiger partial charge in [0.05, 0.1) is 13.2 Å². The normalized spacial score (nSPS) is 10.4. The number of rotatable bonds is 17. The van der Waals surface area contributed by atoms with Gasteiger partial charge in [-0.15, -0.1) is 0 Å². The van der Waals surface area contributed by atoms with Crippen LogP contribution >= 0.6 is 0 Å². The molecule has 0 aliphatic rings. The molecule has 0 bridgehead atoms. The Kier molecular flexibility index (Phi) is 29.2. The van der Waals surface area contributed by atoms with E-state index >= 15 is 0 Å². The second kappa shape index (κ2) is 26.8. The molecule has 0 rings (SSSR count). The first kappa shape index (κ1) is 25.1. The van der Waals surface area contributed by atoms with Crippen molar-refractivity contribution in [3.63, 3.8) is 0 Å². The highest BCUT2D eigenvalue weighted by Gasteiger charge is 1.93. The van der Waals surface area contributed by atoms with Crippen LogP contribution in [0.1, 0.15) is 104 Å². The molecule has 0 amide bonds. The predicted octanol–water partition coefficient (Wildman–Crippen LogP) is 5.48. The van der Waals surface area contributed by atoms with E-state index in [4.69, 9.17) is 14.9 Å². The maximum Gasteiger partial charge on any atom is 0.0662 e. The summed E-state index contributed by atoms with van der Waals surface area (Å²) in [6.45, 7) is 6.26. The van der Waals surface area contributed by atoms with Crippen molar-refractivity contribution in [1.82, 2.24) is 0 Å². The van der Waals surface area contributed by atoms with E-state index in [9.17, 15) is 0 Å². The highest BCUT2D eigenvalue weighted by atomic mass is 16.5. The Bertz CT molecular complexity index is 156. The quantitative estimate of drug-likeness (QED) is 0.347. The topological polar surface area (TPSA) is 49.7 Å². The van der Waals surface area contributed by atoms with Crippen molar-refractivity contribution in [3.8, 4) is 0 Å². The van der Waals surface area contributed by atoms with Crippen LogP contribution in [0.15, 0.2) is 0 Å². The molecule has 0 unspecified atom stereocenters. The summed E-state index contributed by atoms with van der Waals surface area (Å²) in [5.41, 5.74) is 0. The van der Waals surface area contributed by atoms with Gasteiger partial charge in [-0.2, -0.15) is 0 Å². The lowest BCUT2D eigenvalue weighted by atomic mass is 10.1. The fourth-order valence-electron chi connectivity index (χ4n) is 2.42. The van der Waals surface area contributed by atoms with Gasteiger partial charge in [0, 0.05) is 13.2 Å². The van der Waals surface area contributed by atoms with Crippen LogP contribution < -0.4 is 0 Å². The van der Waals surface area contributed by atoms with Crippen LogP contribution in [0.3, 0.4) is 0 Å². The largest absolute Gasteiger partial charge is 0.394 e. The molecule has 0 fully saturated rings. The maximum atomic E-state index is 7.62. The van der Waals surface area contributed by atoms with E-state index in [0.29, 0.717) is 0 Å². The Morgan fingerprint density at radius 2 is 0.783 bits per heavy atom. The number of ether oxygens (including phenoxy) is 1. The van der Waals surface area contributed by atoms with Crippen LogP contribution in [0.4, 0.5) is 0 Å². The van der Waals surface area contributed by atoms with Crippen LogP contribution in [0.25, 0.3) is 0 Å². The minimum atomic E-state index is -0.125. The number of hydrogen-bond acceptors (Lipinski definition) is 3. The number of unbranched alkanes of at least 4 members (excludes halogenated alkanes) is 12. The van der Waals surface area contributed by atoms with Gasteiger partial charge in [-0.1, -0.05) is 90.9 Å². The predicted molar refractivity (Wildman–Crippen MR) is 101 cm³/mol. The monoisotopic (exact) mass is 332 g/mol. The van der Waals surface area contributed by atoms with E-state index in [1.54, 1.807) is 0 Å². The minimum absolute atomic E-state index is 0.125. The molecule has 0 saturated carbocycles. The van der Waals surface area contributed by atoms with E-state index in [0.717, 1.165) is 13.2 Å². The van der Waals surface area contributed by atoms with Gasteiger partial charge in [0.25, 0.3) is 0 Å². The van der Waals surface area contributed by atoms with Crippen LogP contribution in [0, 0.1) is 0 Å². The number of aliphatic hydroxyl groups is 2. The van der Waals surface area contributed by atoms with Gasteiger partial charge in [0.1, 0.15) is 0 Å². The zero-order valence-corrected chi connectivity index (χ0v) is 16.0. The summed E-state index contributed by atoms with van der Waals surface area (Å²) in [5.74, 6) is 0. The second-order valence-electron chi connectivity index (χ2n) is 6.30. The molecular formula is C20H44O3. The zero-order valence-electron chi connectivity index (χ0n) is 16.0. The summed E-state index contributed by atoms with van der Waals surface area (Å²) in [5, 5.41) is 15.2. The Labute approximate surface area is 145 Å². The second-order valence-corrected chi connectivity index (χ2v) is 6.30. The van der Waals surface area contributed by atoms with Crippen LogP contribution in [-0.2, 0) is 4.74 Å². The Morgan fingerprint density at radius 3 is 1.13 bits per heavy atom. The summed E-state index contributed by atoms with van der Waals surface area (Å²) in [7, 11) is 0. The van der Waals surface area contributed by atoms with Gasteiger partial charge < -0.3 is 14.9 Å². The number of hydrogen-bond donors (Lipinski definition) is 2. The first-order valence-corrected chi connectivity index (χ1v) is 10.1. The van der Waals surface area contributed by atoms with Gasteiger partial charge in [-0.3, -0.25) is 0 Å². The Morgan fingerprint density at radius 1 is 0.478 bits per heavy atom. The highest BCUT2D eigenvalue weighted by molar-refractivity contribution is 4.47. The Balaban J connectivity index is 0. The van der Waals surface area contributed by atoms with E-state index in [-0.39, 0.29) is 13.2 Å². The fourth-order valence-corrected chi connectivity index (χ4v) is 2.42. The lowest BCUT2D eigenvalue weighted by Crippen LogP contribution is -1.97. The molecular weight excluding hydrogens is 288 g/mol. The van der Waals surface area contributed by atoms with E-state index < -0.39 is 0 Å². The molecule has 0 atom stereocenters. The van der Waals surface area contributed by atoms with Crippen molar-refractivity contribution >= 4 is 0 Å². The molecule has 2 N–H and O–H groups in total. The van der Waals surface area contributed by atoms with Gasteiger partial charge in [0.15, 0.2) is 0 Å². The van der Waals surface area contributed by atoms with Crippen molar-refractivity contribution in [1.29, 1.82) is 0 Å². The molecule has 23 heavy (non-hydrogen) atoms. The first-order valence-electron chi connectivity index (χ1n) is 10.1. The summed E-state index contributed by atoms with van der Waals surface area (Å²) < 4.78 is 5.65. The molecule has 0 aromatic carbocycles. The van der Waals surface area contributed by atoms with Gasteiger partial charge in [-0.05, 0) is 12.8 Å². The first-order chi connectivity index (χ1) is 11.3. The fraction of sp³-hybridized carbons (Fsp3) is 1.00. The van der Waals surface area contributed by atoms with Crippen molar-refractivity contribution in [3.05, 3.63) is 0 Å². The summed E-state index contributed by atoms with van der Waals surface area (Å²) >= 11 is 0. The molecule has 3 nitrogen and oxygen atoms in total. The summed E-state index contributed by atoms with van der Waals surface area (Å²) in [4.78, 5) is 0. The Hall–Kier alpha value is -0.120. The molecule has 142 valence electrons. The lowest BCUT2D eigenvalue weighted by Gasteiger charge is -2.04. The third-order valence-corrected chi connectivity index (χ3v) is 3.88. The van der Waals surface area contributed by atoms with Crippen LogP contribution in [0.5, 0.6) is 0 Å². The van der Waals surface area contributed by atoms with Gasteiger partial charge in [0.2, 0.25) is 0 Å². The zero-order chi connectivity index (χ0) is 17.4. The van der Waals surface area contributed by atoms with Gasteiger partial charge >= 0.3 is 0 Å². The molecule has 0 saturated heterocycles. The molecule has 0 aromatic rings. The van der Waals surface area contributed by atoms with Crippen molar-refractivity contribution in [2.75, 3.05) is 26.4 Å². The van der Waals surface area contributed by atoms with Crippen molar-refractivity contribution in [2.45, 2.75) is 104 Å². The van der Waals surface area contributed by atoms with E-state index in [2.05, 4.69) is 13.8 Å². The molecule has 0 radical (unpaired) electrons. The average Bonchev–Trinajstić information content (AvgIpc) is 2.58. The third kappa shape index (κ3) is 30.3. The summed E-state index contributed by atoms with van der Waals surface area (Å²) in [6.07, 6.45) is 19.3.